The van der Waals surface area contributed by atoms with Crippen molar-refractivity contribution in [1.82, 2.24) is 14.5 Å². The van der Waals surface area contributed by atoms with Gasteiger partial charge in [-0.1, -0.05) is 113 Å². The third kappa shape index (κ3) is 9.77. The van der Waals surface area contributed by atoms with E-state index in [1.807, 2.05) is 23.5 Å². The van der Waals surface area contributed by atoms with Gasteiger partial charge in [-0.15, -0.1) is 18.2 Å². The number of fused-ring (bicyclic) bond motifs is 4. The molecule has 6 aromatic carbocycles. The van der Waals surface area contributed by atoms with E-state index >= 15 is 0 Å². The van der Waals surface area contributed by atoms with E-state index in [2.05, 4.69) is 203 Å². The second-order valence-electron chi connectivity index (χ2n) is 20.8. The number of hydrogen-bond donors (Lipinski definition) is 0. The maximum absolute atomic E-state index is 5.28. The van der Waals surface area contributed by atoms with Crippen molar-refractivity contribution in [1.29, 1.82) is 0 Å². The molecule has 6 heteroatoms. The van der Waals surface area contributed by atoms with E-state index < -0.39 is 13.3 Å². The monoisotopic (exact) mass is 1110 g/mol. The Morgan fingerprint density at radius 3 is 2.08 bits per heavy atom. The van der Waals surface area contributed by atoms with Gasteiger partial charge in [-0.05, 0) is 67.9 Å². The molecule has 1 aliphatic carbocycles. The normalized spacial score (nSPS) is 13.7. The molecule has 3 aromatic heterocycles. The van der Waals surface area contributed by atoms with Gasteiger partial charge in [0.05, 0.1) is 16.9 Å². The van der Waals surface area contributed by atoms with Gasteiger partial charge in [-0.25, -0.2) is 0 Å². The molecule has 0 atom stereocenters. The van der Waals surface area contributed by atoms with Gasteiger partial charge in [-0.2, -0.15) is 11.3 Å². The van der Waals surface area contributed by atoms with Crippen molar-refractivity contribution < 1.29 is 20.1 Å². The molecule has 10 rings (SSSR count). The van der Waals surface area contributed by atoms with E-state index in [1.54, 1.807) is 9.96 Å². The number of hydrogen-bond acceptors (Lipinski definition) is 3. The van der Waals surface area contributed by atoms with E-state index in [0.29, 0.717) is 0 Å². The first kappa shape index (κ1) is 46.9. The van der Waals surface area contributed by atoms with Gasteiger partial charge >= 0.3 is 137 Å². The van der Waals surface area contributed by atoms with Crippen molar-refractivity contribution in [2.75, 3.05) is 0 Å². The molecule has 3 nitrogen and oxygen atoms in total. The standard InChI is InChI=1S/C39H35N2S.C20H26GeN.Ir/c1-38(2,3)26-20-22-33(31(23-26)25-13-8-7-9-14-25)41-34-18-11-10-17-32(34)40-37(41)30-16-12-15-29-28-21-19-27(39(4,5)6)24-35(28)42-36(29)30;1-21(2,3)19-15-22-20(17-12-8-5-9-13-17)14-18(19)16-10-6-4-7-11-16;/h7-15,17-24H,1-6H3;5,8-9,12,14-16H,4,6-7,10-11H2,1-3H3;/q2*-1;. The van der Waals surface area contributed by atoms with Crippen molar-refractivity contribution in [2.24, 2.45) is 0 Å². The fourth-order valence-electron chi connectivity index (χ4n) is 9.41. The quantitative estimate of drug-likeness (QED) is 0.123. The van der Waals surface area contributed by atoms with Crippen LogP contribution in [0, 0.1) is 12.1 Å². The SMILES string of the molecule is CC(C)(C)c1ccc(-n2c(-c3[c-]ccc4c3sc3cc(C(C)(C)C)ccc34)nc3ccccc32)c(-c2ccccc2)c1.[CH3][Ge]([CH3])([CH3])[c]1cnc(-c2[c-]cccc2)cc1C1CCCCC1.[Ir]. The Labute approximate surface area is 407 Å². The molecule has 0 saturated heterocycles. The average molecular weight is 1110 g/mol. The molecule has 0 aliphatic heterocycles. The number of aromatic nitrogens is 3. The molecular weight excluding hydrogens is 1050 g/mol. The molecular formula is C59H61GeIrN3S-2. The second-order valence-corrected chi connectivity index (χ2v) is 32.4. The summed E-state index contributed by atoms with van der Waals surface area (Å²) in [4.78, 5) is 10.1. The molecule has 1 fully saturated rings. The molecule has 65 heavy (non-hydrogen) atoms. The summed E-state index contributed by atoms with van der Waals surface area (Å²) in [5, 5.41) is 2.55. The summed E-state index contributed by atoms with van der Waals surface area (Å²) in [6, 6.07) is 54.8. The van der Waals surface area contributed by atoms with E-state index in [1.165, 1.54) is 74.5 Å². The smallest absolute Gasteiger partial charge is 0 e. The van der Waals surface area contributed by atoms with E-state index in [0.717, 1.165) is 45.3 Å². The van der Waals surface area contributed by atoms with Crippen LogP contribution >= 0.6 is 11.3 Å². The molecule has 0 bridgehead atoms. The van der Waals surface area contributed by atoms with Gasteiger partial charge in [0.1, 0.15) is 0 Å². The summed E-state index contributed by atoms with van der Waals surface area (Å²) in [6.45, 7) is 13.7. The van der Waals surface area contributed by atoms with Crippen molar-refractivity contribution in [2.45, 2.75) is 108 Å². The van der Waals surface area contributed by atoms with Gasteiger partial charge in [0.25, 0.3) is 0 Å². The molecule has 0 unspecified atom stereocenters. The topological polar surface area (TPSA) is 30.7 Å². The van der Waals surface area contributed by atoms with Gasteiger partial charge < -0.3 is 4.57 Å². The molecule has 9 aromatic rings. The van der Waals surface area contributed by atoms with Crippen LogP contribution in [0.15, 0.2) is 140 Å². The van der Waals surface area contributed by atoms with Crippen molar-refractivity contribution in [3.8, 4) is 39.5 Å². The predicted molar refractivity (Wildman–Crippen MR) is 278 cm³/mol. The van der Waals surface area contributed by atoms with Crippen LogP contribution in [0.3, 0.4) is 0 Å². The Kier molecular flexibility index (Phi) is 13.6. The van der Waals surface area contributed by atoms with Crippen LogP contribution in [0.5, 0.6) is 0 Å². The Morgan fingerprint density at radius 1 is 0.677 bits per heavy atom. The van der Waals surface area contributed by atoms with Gasteiger partial charge in [0.15, 0.2) is 0 Å². The summed E-state index contributed by atoms with van der Waals surface area (Å²) in [7, 11) is 0. The number of para-hydroxylation sites is 2. The van der Waals surface area contributed by atoms with Crippen LogP contribution < -0.4 is 4.40 Å². The summed E-state index contributed by atoms with van der Waals surface area (Å²) in [6.07, 6.45) is 9.08. The van der Waals surface area contributed by atoms with Crippen molar-refractivity contribution >= 4 is 60.2 Å². The first-order valence-electron chi connectivity index (χ1n) is 23.2. The number of thiophene rings is 1. The van der Waals surface area contributed by atoms with Crippen molar-refractivity contribution in [3.05, 3.63) is 168 Å². The van der Waals surface area contributed by atoms with Crippen LogP contribution in [0.25, 0.3) is 70.7 Å². The Bertz CT molecular complexity index is 3080. The van der Waals surface area contributed by atoms with E-state index in [9.17, 15) is 0 Å². The number of nitrogens with zero attached hydrogens (tertiary/aromatic N) is 3. The Balaban J connectivity index is 0.000000212. The largest absolute Gasteiger partial charge is 0 e. The van der Waals surface area contributed by atoms with Crippen LogP contribution in [0.4, 0.5) is 0 Å². The minimum atomic E-state index is -1.89. The van der Waals surface area contributed by atoms with Crippen LogP contribution in [-0.4, -0.2) is 27.8 Å². The van der Waals surface area contributed by atoms with E-state index in [-0.39, 0.29) is 30.9 Å². The van der Waals surface area contributed by atoms with Crippen LogP contribution in [0.2, 0.25) is 17.3 Å². The number of imidazole rings is 1. The first-order chi connectivity index (χ1) is 30.6. The zero-order valence-electron chi connectivity index (χ0n) is 39.5. The average Bonchev–Trinajstić information content (AvgIpc) is 3.87. The number of pyridine rings is 1. The fourth-order valence-corrected chi connectivity index (χ4v) is 14.0. The molecule has 3 heterocycles. The van der Waals surface area contributed by atoms with Gasteiger partial charge in [0.2, 0.25) is 0 Å². The molecule has 0 amide bonds. The molecule has 1 saturated carbocycles. The maximum atomic E-state index is 5.28. The summed E-state index contributed by atoms with van der Waals surface area (Å²) >= 11 is -0.0379. The first-order valence-corrected chi connectivity index (χ1v) is 31.3. The molecule has 1 radical (unpaired) electrons. The maximum Gasteiger partial charge on any atom is 0 e. The Hall–Kier alpha value is -4.65. The summed E-state index contributed by atoms with van der Waals surface area (Å²) < 4.78 is 6.48. The van der Waals surface area contributed by atoms with Crippen molar-refractivity contribution in [3.63, 3.8) is 0 Å². The predicted octanol–water partition coefficient (Wildman–Crippen LogP) is 16.3. The molecule has 0 spiro atoms. The third-order valence-corrected chi connectivity index (χ3v) is 18.5. The van der Waals surface area contributed by atoms with E-state index in [4.69, 9.17) is 9.97 Å². The molecule has 0 N–H and O–H groups in total. The summed E-state index contributed by atoms with van der Waals surface area (Å²) in [5.74, 6) is 9.12. The minimum Gasteiger partial charge on any atom is 0 e. The van der Waals surface area contributed by atoms with Gasteiger partial charge in [0, 0.05) is 36.1 Å². The summed E-state index contributed by atoms with van der Waals surface area (Å²) in [5.41, 5.74) is 13.2. The molecule has 1 aliphatic rings. The zero-order chi connectivity index (χ0) is 44.8. The Morgan fingerprint density at radius 2 is 1.37 bits per heavy atom. The van der Waals surface area contributed by atoms with Crippen LogP contribution in [0.1, 0.15) is 96.3 Å². The minimum absolute atomic E-state index is 0. The fraction of sp³-hybridized carbons (Fsp3) is 0.288. The zero-order valence-corrected chi connectivity index (χ0v) is 44.8. The third-order valence-electron chi connectivity index (χ3n) is 13.0. The number of benzene rings is 6. The number of rotatable bonds is 6. The molecule has 333 valence electrons. The second kappa shape index (κ2) is 18.9. The van der Waals surface area contributed by atoms with Crippen LogP contribution in [-0.2, 0) is 30.9 Å². The van der Waals surface area contributed by atoms with Gasteiger partial charge in [-0.3, -0.25) is 4.98 Å².